The second-order valence-electron chi connectivity index (χ2n) is 4.36. The number of nitrogens with zero attached hydrogens (tertiary/aromatic N) is 3. The lowest BCUT2D eigenvalue weighted by atomic mass is 10.2. The number of nitrogen functional groups attached to an aromatic ring is 1. The summed E-state index contributed by atoms with van der Waals surface area (Å²) in [4.78, 5) is 4.20. The van der Waals surface area contributed by atoms with E-state index in [4.69, 9.17) is 10.2 Å². The molecule has 3 N–H and O–H groups in total. The van der Waals surface area contributed by atoms with Crippen LogP contribution < -0.4 is 11.1 Å². The van der Waals surface area contributed by atoms with E-state index < -0.39 is 0 Å². The van der Waals surface area contributed by atoms with Crippen LogP contribution in [0.3, 0.4) is 0 Å². The van der Waals surface area contributed by atoms with E-state index in [1.807, 2.05) is 27.8 Å². The Morgan fingerprint density at radius 3 is 2.78 bits per heavy atom. The maximum absolute atomic E-state index is 6.05. The fourth-order valence-corrected chi connectivity index (χ4v) is 1.87. The molecule has 6 nitrogen and oxygen atoms in total. The Hall–Kier alpha value is -1.98. The molecular formula is C12H19N5O. The third kappa shape index (κ3) is 2.18. The van der Waals surface area contributed by atoms with Crippen molar-refractivity contribution in [2.24, 2.45) is 7.05 Å². The SMILES string of the molecule is CCc1nn(C)c(NC(C)c2ncc(C)o2)c1N. The highest BCUT2D eigenvalue weighted by atomic mass is 16.4. The largest absolute Gasteiger partial charge is 0.444 e. The number of hydrogen-bond donors (Lipinski definition) is 2. The van der Waals surface area contributed by atoms with E-state index in [-0.39, 0.29) is 6.04 Å². The zero-order chi connectivity index (χ0) is 13.3. The highest BCUT2D eigenvalue weighted by Gasteiger charge is 2.17. The molecule has 0 aliphatic heterocycles. The Balaban J connectivity index is 2.21. The second-order valence-corrected chi connectivity index (χ2v) is 4.36. The second kappa shape index (κ2) is 4.72. The molecule has 0 amide bonds. The molecule has 1 atom stereocenters. The van der Waals surface area contributed by atoms with Gasteiger partial charge >= 0.3 is 0 Å². The summed E-state index contributed by atoms with van der Waals surface area (Å²) < 4.78 is 7.24. The van der Waals surface area contributed by atoms with Crippen LogP contribution in [-0.2, 0) is 13.5 Å². The quantitative estimate of drug-likeness (QED) is 0.866. The summed E-state index contributed by atoms with van der Waals surface area (Å²) in [6.45, 7) is 5.88. The van der Waals surface area contributed by atoms with Crippen LogP contribution in [0.25, 0.3) is 0 Å². The summed E-state index contributed by atoms with van der Waals surface area (Å²) in [5.74, 6) is 2.24. The molecule has 0 saturated carbocycles. The van der Waals surface area contributed by atoms with Crippen molar-refractivity contribution in [3.05, 3.63) is 23.5 Å². The van der Waals surface area contributed by atoms with Gasteiger partial charge < -0.3 is 15.5 Å². The average molecular weight is 249 g/mol. The normalized spacial score (nSPS) is 12.7. The molecule has 1 unspecified atom stereocenters. The summed E-state index contributed by atoms with van der Waals surface area (Å²) >= 11 is 0. The van der Waals surface area contributed by atoms with Gasteiger partial charge in [0, 0.05) is 7.05 Å². The number of nitrogens with one attached hydrogen (secondary N) is 1. The standard InChI is InChI=1S/C12H19N5O/c1-5-9-10(13)11(17(4)16-9)15-8(3)12-14-6-7(2)18-12/h6,8,15H,5,13H2,1-4H3. The number of aryl methyl sites for hydroxylation is 3. The molecule has 0 bridgehead atoms. The maximum Gasteiger partial charge on any atom is 0.216 e. The Bertz CT molecular complexity index is 543. The van der Waals surface area contributed by atoms with Crippen LogP contribution in [0.2, 0.25) is 0 Å². The third-order valence-corrected chi connectivity index (χ3v) is 2.86. The molecule has 2 rings (SSSR count). The van der Waals surface area contributed by atoms with Gasteiger partial charge in [0.25, 0.3) is 0 Å². The van der Waals surface area contributed by atoms with Gasteiger partial charge in [0.1, 0.15) is 17.6 Å². The molecular weight excluding hydrogens is 230 g/mol. The third-order valence-electron chi connectivity index (χ3n) is 2.86. The van der Waals surface area contributed by atoms with Gasteiger partial charge in [-0.2, -0.15) is 5.10 Å². The van der Waals surface area contributed by atoms with Crippen LogP contribution in [0.5, 0.6) is 0 Å². The minimum atomic E-state index is -0.0545. The Kier molecular flexibility index (Phi) is 3.27. The molecule has 6 heteroatoms. The van der Waals surface area contributed by atoms with Gasteiger partial charge in [0.15, 0.2) is 0 Å². The average Bonchev–Trinajstić information content (AvgIpc) is 2.87. The molecule has 0 radical (unpaired) electrons. The summed E-state index contributed by atoms with van der Waals surface area (Å²) in [5, 5.41) is 7.64. The predicted molar refractivity (Wildman–Crippen MR) is 70.3 cm³/mol. The number of hydrogen-bond acceptors (Lipinski definition) is 5. The van der Waals surface area contributed by atoms with Crippen molar-refractivity contribution in [3.8, 4) is 0 Å². The van der Waals surface area contributed by atoms with Crippen molar-refractivity contribution in [1.82, 2.24) is 14.8 Å². The first-order valence-electron chi connectivity index (χ1n) is 6.03. The first-order chi connectivity index (χ1) is 8.52. The molecule has 0 fully saturated rings. The van der Waals surface area contributed by atoms with Gasteiger partial charge in [-0.1, -0.05) is 6.92 Å². The van der Waals surface area contributed by atoms with Crippen molar-refractivity contribution in [2.45, 2.75) is 33.2 Å². The van der Waals surface area contributed by atoms with Gasteiger partial charge in [-0.15, -0.1) is 0 Å². The molecule has 2 aromatic rings. The Morgan fingerprint density at radius 2 is 2.28 bits per heavy atom. The zero-order valence-electron chi connectivity index (χ0n) is 11.2. The van der Waals surface area contributed by atoms with Gasteiger partial charge in [0.05, 0.1) is 17.6 Å². The molecule has 0 aliphatic carbocycles. The van der Waals surface area contributed by atoms with Crippen molar-refractivity contribution in [2.75, 3.05) is 11.1 Å². The number of oxazole rings is 1. The molecule has 18 heavy (non-hydrogen) atoms. The zero-order valence-corrected chi connectivity index (χ0v) is 11.2. The maximum atomic E-state index is 6.05. The van der Waals surface area contributed by atoms with Crippen LogP contribution in [0.4, 0.5) is 11.5 Å². The summed E-state index contributed by atoms with van der Waals surface area (Å²) in [6, 6.07) is -0.0545. The van der Waals surface area contributed by atoms with E-state index >= 15 is 0 Å². The van der Waals surface area contributed by atoms with E-state index in [2.05, 4.69) is 15.4 Å². The Morgan fingerprint density at radius 1 is 1.56 bits per heavy atom. The van der Waals surface area contributed by atoms with Crippen LogP contribution in [0.15, 0.2) is 10.6 Å². The lowest BCUT2D eigenvalue weighted by Gasteiger charge is -2.12. The minimum Gasteiger partial charge on any atom is -0.444 e. The van der Waals surface area contributed by atoms with Crippen LogP contribution in [0, 0.1) is 6.92 Å². The molecule has 2 heterocycles. The predicted octanol–water partition coefficient (Wildman–Crippen LogP) is 2.03. The summed E-state index contributed by atoms with van der Waals surface area (Å²) in [7, 11) is 1.87. The molecule has 0 saturated heterocycles. The fraction of sp³-hybridized carbons (Fsp3) is 0.500. The first kappa shape index (κ1) is 12.5. The molecule has 0 aromatic carbocycles. The lowest BCUT2D eigenvalue weighted by Crippen LogP contribution is -2.11. The Labute approximate surface area is 106 Å². The van der Waals surface area contributed by atoms with Gasteiger partial charge in [-0.3, -0.25) is 4.68 Å². The number of nitrogens with two attached hydrogens (primary N) is 1. The number of rotatable bonds is 4. The van der Waals surface area contributed by atoms with Crippen molar-refractivity contribution in [1.29, 1.82) is 0 Å². The topological polar surface area (TPSA) is 81.9 Å². The van der Waals surface area contributed by atoms with E-state index in [1.54, 1.807) is 10.9 Å². The van der Waals surface area contributed by atoms with E-state index in [0.29, 0.717) is 11.6 Å². The molecule has 98 valence electrons. The van der Waals surface area contributed by atoms with Crippen LogP contribution in [0.1, 0.15) is 37.2 Å². The highest BCUT2D eigenvalue weighted by molar-refractivity contribution is 5.65. The number of aromatic nitrogens is 3. The summed E-state index contributed by atoms with van der Waals surface area (Å²) in [6.07, 6.45) is 2.52. The van der Waals surface area contributed by atoms with Crippen molar-refractivity contribution in [3.63, 3.8) is 0 Å². The van der Waals surface area contributed by atoms with Crippen LogP contribution >= 0.6 is 0 Å². The highest BCUT2D eigenvalue weighted by Crippen LogP contribution is 2.26. The smallest absolute Gasteiger partial charge is 0.216 e. The van der Waals surface area contributed by atoms with Gasteiger partial charge in [-0.05, 0) is 20.3 Å². The van der Waals surface area contributed by atoms with Gasteiger partial charge in [-0.25, -0.2) is 4.98 Å². The van der Waals surface area contributed by atoms with Crippen molar-refractivity contribution >= 4 is 11.5 Å². The van der Waals surface area contributed by atoms with E-state index in [9.17, 15) is 0 Å². The molecule has 0 aliphatic rings. The van der Waals surface area contributed by atoms with E-state index in [1.165, 1.54) is 0 Å². The minimum absolute atomic E-state index is 0.0545. The monoisotopic (exact) mass is 249 g/mol. The van der Waals surface area contributed by atoms with E-state index in [0.717, 1.165) is 23.7 Å². The van der Waals surface area contributed by atoms with Gasteiger partial charge in [0.2, 0.25) is 5.89 Å². The summed E-state index contributed by atoms with van der Waals surface area (Å²) in [5.41, 5.74) is 7.64. The fourth-order valence-electron chi connectivity index (χ4n) is 1.87. The first-order valence-corrected chi connectivity index (χ1v) is 6.03. The molecule has 0 spiro atoms. The van der Waals surface area contributed by atoms with Crippen molar-refractivity contribution < 1.29 is 4.42 Å². The molecule has 2 aromatic heterocycles. The number of anilines is 2. The van der Waals surface area contributed by atoms with Crippen LogP contribution in [-0.4, -0.2) is 14.8 Å². The lowest BCUT2D eigenvalue weighted by molar-refractivity contribution is 0.452.